The molecular formula is C19H25ClF2N2O2. The van der Waals surface area contributed by atoms with Crippen molar-refractivity contribution < 1.29 is 18.3 Å². The Bertz CT molecular complexity index is 642. The second-order valence-corrected chi connectivity index (χ2v) is 7.62. The van der Waals surface area contributed by atoms with Crippen molar-refractivity contribution in [2.45, 2.75) is 38.2 Å². The molecule has 0 bridgehead atoms. The van der Waals surface area contributed by atoms with Crippen molar-refractivity contribution in [1.29, 1.82) is 0 Å². The highest BCUT2D eigenvalue weighted by atomic mass is 35.5. The monoisotopic (exact) mass is 386 g/mol. The van der Waals surface area contributed by atoms with Gasteiger partial charge in [-0.05, 0) is 55.2 Å². The number of amides is 1. The van der Waals surface area contributed by atoms with Crippen molar-refractivity contribution in [3.8, 4) is 5.75 Å². The van der Waals surface area contributed by atoms with E-state index in [-0.39, 0.29) is 35.9 Å². The Morgan fingerprint density at radius 3 is 2.62 bits per heavy atom. The average molecular weight is 387 g/mol. The number of likely N-dealkylation sites (tertiary alicyclic amines) is 1. The van der Waals surface area contributed by atoms with Gasteiger partial charge < -0.3 is 15.0 Å². The first-order valence-corrected chi connectivity index (χ1v) is 9.11. The minimum atomic E-state index is -2.84. The van der Waals surface area contributed by atoms with Crippen LogP contribution in [0, 0.1) is 11.3 Å². The maximum atomic E-state index is 12.8. The van der Waals surface area contributed by atoms with Gasteiger partial charge in [-0.2, -0.15) is 8.78 Å². The Morgan fingerprint density at radius 1 is 1.23 bits per heavy atom. The predicted octanol–water partition coefficient (Wildman–Crippen LogP) is 3.42. The summed E-state index contributed by atoms with van der Waals surface area (Å²) in [6.07, 6.45) is 4.06. The fourth-order valence-corrected chi connectivity index (χ4v) is 4.46. The first kappa shape index (κ1) is 19.4. The molecule has 0 aromatic heterocycles. The molecule has 4 nitrogen and oxygen atoms in total. The lowest BCUT2D eigenvalue weighted by Crippen LogP contribution is -2.44. The molecule has 1 aromatic rings. The van der Waals surface area contributed by atoms with Crippen LogP contribution >= 0.6 is 12.4 Å². The Morgan fingerprint density at radius 2 is 1.96 bits per heavy atom. The van der Waals surface area contributed by atoms with E-state index in [0.29, 0.717) is 5.41 Å². The van der Waals surface area contributed by atoms with Crippen LogP contribution < -0.4 is 10.1 Å². The second-order valence-electron chi connectivity index (χ2n) is 7.62. The third-order valence-electron chi connectivity index (χ3n) is 6.11. The summed E-state index contributed by atoms with van der Waals surface area (Å²) < 4.78 is 29.8. The van der Waals surface area contributed by atoms with E-state index in [4.69, 9.17) is 0 Å². The molecular weight excluding hydrogens is 362 g/mol. The molecule has 2 saturated heterocycles. The highest BCUT2D eigenvalue weighted by Gasteiger charge is 2.48. The van der Waals surface area contributed by atoms with Crippen LogP contribution in [0.25, 0.3) is 0 Å². The van der Waals surface area contributed by atoms with E-state index in [0.717, 1.165) is 51.0 Å². The van der Waals surface area contributed by atoms with Crippen LogP contribution in [-0.2, 0) is 4.79 Å². The van der Waals surface area contributed by atoms with Gasteiger partial charge in [-0.25, -0.2) is 0 Å². The van der Waals surface area contributed by atoms with Gasteiger partial charge in [-0.3, -0.25) is 4.79 Å². The molecule has 0 radical (unpaired) electrons. The molecule has 2 aliphatic heterocycles. The van der Waals surface area contributed by atoms with Gasteiger partial charge in [0.15, 0.2) is 0 Å². The van der Waals surface area contributed by atoms with E-state index in [9.17, 15) is 13.6 Å². The smallest absolute Gasteiger partial charge is 0.387 e. The van der Waals surface area contributed by atoms with Crippen molar-refractivity contribution in [2.24, 2.45) is 11.3 Å². The van der Waals surface area contributed by atoms with Crippen molar-refractivity contribution in [3.63, 3.8) is 0 Å². The molecule has 3 aliphatic rings. The summed E-state index contributed by atoms with van der Waals surface area (Å²) in [5.74, 6) is 0.301. The average Bonchev–Trinajstić information content (AvgIpc) is 3.28. The fourth-order valence-electron chi connectivity index (χ4n) is 4.46. The van der Waals surface area contributed by atoms with Crippen LogP contribution in [0.3, 0.4) is 0 Å². The second kappa shape index (κ2) is 7.69. The zero-order valence-corrected chi connectivity index (χ0v) is 15.4. The molecule has 1 aliphatic carbocycles. The number of nitrogens with one attached hydrogen (secondary N) is 1. The topological polar surface area (TPSA) is 41.6 Å². The lowest BCUT2D eigenvalue weighted by atomic mass is 9.78. The number of carbonyl (C=O) groups excluding carboxylic acids is 1. The quantitative estimate of drug-likeness (QED) is 0.862. The highest BCUT2D eigenvalue weighted by molar-refractivity contribution is 5.85. The Labute approximate surface area is 158 Å². The maximum Gasteiger partial charge on any atom is 0.387 e. The minimum absolute atomic E-state index is 0. The molecule has 2 heterocycles. The van der Waals surface area contributed by atoms with Crippen LogP contribution in [0.4, 0.5) is 8.78 Å². The van der Waals surface area contributed by atoms with Gasteiger partial charge >= 0.3 is 6.61 Å². The van der Waals surface area contributed by atoms with Crippen LogP contribution in [0.1, 0.15) is 37.2 Å². The number of rotatable bonds is 4. The van der Waals surface area contributed by atoms with Gasteiger partial charge in [0.05, 0.1) is 0 Å². The van der Waals surface area contributed by atoms with Gasteiger partial charge in [0, 0.05) is 25.6 Å². The van der Waals surface area contributed by atoms with E-state index in [1.165, 1.54) is 6.42 Å². The summed E-state index contributed by atoms with van der Waals surface area (Å²) in [4.78, 5) is 14.8. The zero-order valence-electron chi connectivity index (χ0n) is 14.6. The van der Waals surface area contributed by atoms with Crippen LogP contribution in [0.2, 0.25) is 0 Å². The number of carbonyl (C=O) groups is 1. The van der Waals surface area contributed by atoms with E-state index in [1.807, 2.05) is 11.0 Å². The molecule has 144 valence electrons. The SMILES string of the molecule is Cl.O=C(C1CC1c1ccccc1OC(F)F)N1CCC2(CCNC2)CC1. The van der Waals surface area contributed by atoms with Crippen LogP contribution in [-0.4, -0.2) is 43.6 Å². The molecule has 2 unspecified atom stereocenters. The normalized spacial score (nSPS) is 26.7. The third-order valence-corrected chi connectivity index (χ3v) is 6.11. The predicted molar refractivity (Wildman–Crippen MR) is 96.9 cm³/mol. The first-order valence-electron chi connectivity index (χ1n) is 9.11. The Kier molecular flexibility index (Phi) is 5.72. The van der Waals surface area contributed by atoms with Gasteiger partial charge in [0.2, 0.25) is 5.91 Å². The molecule has 1 amide bonds. The maximum absolute atomic E-state index is 12.8. The lowest BCUT2D eigenvalue weighted by molar-refractivity contribution is -0.134. The van der Waals surface area contributed by atoms with E-state index >= 15 is 0 Å². The molecule has 1 aromatic carbocycles. The van der Waals surface area contributed by atoms with E-state index < -0.39 is 6.61 Å². The molecule has 3 fully saturated rings. The number of hydrogen-bond acceptors (Lipinski definition) is 3. The summed E-state index contributed by atoms with van der Waals surface area (Å²) in [7, 11) is 0. The molecule has 7 heteroatoms. The summed E-state index contributed by atoms with van der Waals surface area (Å²) in [5, 5.41) is 3.43. The summed E-state index contributed by atoms with van der Waals surface area (Å²) in [6.45, 7) is 0.948. The van der Waals surface area contributed by atoms with Crippen LogP contribution in [0.15, 0.2) is 24.3 Å². The van der Waals surface area contributed by atoms with Gasteiger partial charge in [-0.15, -0.1) is 12.4 Å². The van der Waals surface area contributed by atoms with E-state index in [1.54, 1.807) is 18.2 Å². The number of nitrogens with zero attached hydrogens (tertiary/aromatic N) is 1. The highest BCUT2D eigenvalue weighted by Crippen LogP contribution is 2.52. The first-order chi connectivity index (χ1) is 12.1. The molecule has 1 saturated carbocycles. The summed E-state index contributed by atoms with van der Waals surface area (Å²) in [5.41, 5.74) is 1.12. The van der Waals surface area contributed by atoms with E-state index in [2.05, 4.69) is 10.1 Å². The van der Waals surface area contributed by atoms with Crippen LogP contribution in [0.5, 0.6) is 5.75 Å². The number of benzene rings is 1. The number of piperidine rings is 1. The lowest BCUT2D eigenvalue weighted by Gasteiger charge is -2.39. The minimum Gasteiger partial charge on any atom is -0.435 e. The summed E-state index contributed by atoms with van der Waals surface area (Å²) >= 11 is 0. The largest absolute Gasteiger partial charge is 0.435 e. The number of alkyl halides is 2. The molecule has 4 rings (SSSR count). The number of para-hydroxylation sites is 1. The van der Waals surface area contributed by atoms with Crippen molar-refractivity contribution in [3.05, 3.63) is 29.8 Å². The Balaban J connectivity index is 0.00000196. The molecule has 1 spiro atoms. The number of ether oxygens (including phenoxy) is 1. The van der Waals surface area contributed by atoms with Gasteiger partial charge in [0.1, 0.15) is 5.75 Å². The third kappa shape index (κ3) is 3.81. The van der Waals surface area contributed by atoms with Crippen molar-refractivity contribution in [2.75, 3.05) is 26.2 Å². The fraction of sp³-hybridized carbons (Fsp3) is 0.632. The van der Waals surface area contributed by atoms with Crippen molar-refractivity contribution >= 4 is 18.3 Å². The summed E-state index contributed by atoms with van der Waals surface area (Å²) in [6, 6.07) is 6.84. The van der Waals surface area contributed by atoms with Gasteiger partial charge in [-0.1, -0.05) is 18.2 Å². The molecule has 26 heavy (non-hydrogen) atoms. The number of hydrogen-bond donors (Lipinski definition) is 1. The van der Waals surface area contributed by atoms with Crippen molar-refractivity contribution in [1.82, 2.24) is 10.2 Å². The standard InChI is InChI=1S/C19H24F2N2O2.ClH/c20-18(21)25-16-4-2-1-3-13(16)14-11-15(14)17(24)23-9-6-19(7-10-23)5-8-22-12-19;/h1-4,14-15,18,22H,5-12H2;1H. The molecule has 1 N–H and O–H groups in total. The number of halogens is 3. The molecule has 2 atom stereocenters. The zero-order chi connectivity index (χ0) is 17.4. The Hall–Kier alpha value is -1.40. The van der Waals surface area contributed by atoms with Gasteiger partial charge in [0.25, 0.3) is 0 Å².